The number of nitrogens with zero attached hydrogens (tertiary/aromatic N) is 6. The van der Waals surface area contributed by atoms with Crippen LogP contribution in [0.3, 0.4) is 0 Å². The first-order valence-corrected chi connectivity index (χ1v) is 20.1. The Balaban J connectivity index is 1.05. The summed E-state index contributed by atoms with van der Waals surface area (Å²) in [5.74, 6) is 2.75. The van der Waals surface area contributed by atoms with Gasteiger partial charge in [0.1, 0.15) is 18.0 Å². The molecule has 3 aliphatic carbocycles. The van der Waals surface area contributed by atoms with E-state index in [0.29, 0.717) is 57.6 Å². The normalized spacial score (nSPS) is 28.9. The van der Waals surface area contributed by atoms with Crippen molar-refractivity contribution in [2.24, 2.45) is 23.5 Å². The number of aromatic nitrogens is 2. The number of ether oxygens (including phenoxy) is 2. The molecule has 11 nitrogen and oxygen atoms in total. The molecule has 4 atom stereocenters. The van der Waals surface area contributed by atoms with Gasteiger partial charge >= 0.3 is 12.2 Å². The number of hydrogen-bond acceptors (Lipinski definition) is 9. The van der Waals surface area contributed by atoms with Gasteiger partial charge in [-0.2, -0.15) is 0 Å². The van der Waals surface area contributed by atoms with Crippen LogP contribution in [0.15, 0.2) is 47.1 Å². The molecule has 2 saturated heterocycles. The maximum Gasteiger partial charge on any atom is 0.410 e. The van der Waals surface area contributed by atoms with Crippen molar-refractivity contribution in [2.45, 2.75) is 118 Å². The SMILES string of the molecule is C/C=C(\c1c(C)ncnc1N1CCN(C(=O)OC2(C)C(C)C2(C)OC(=O)N2CCN(/C(N)=C(C(=C/CC)\C3CC3)/C(C)=C/CC)C(C)C2)CC1)C1CC1. The average Bonchev–Trinajstić information content (AvgIpc) is 4.07. The first-order chi connectivity index (χ1) is 25.3. The lowest BCUT2D eigenvalue weighted by molar-refractivity contribution is -0.0211. The van der Waals surface area contributed by atoms with E-state index in [1.54, 1.807) is 16.1 Å². The Kier molecular flexibility index (Phi) is 11.2. The first-order valence-electron chi connectivity index (χ1n) is 20.1. The average molecular weight is 730 g/mol. The third-order valence-corrected chi connectivity index (χ3v) is 12.7. The second-order valence-corrected chi connectivity index (χ2v) is 16.2. The summed E-state index contributed by atoms with van der Waals surface area (Å²) in [5.41, 5.74) is 12.4. The Hall–Kier alpha value is -4.02. The number of piperazine rings is 2. The van der Waals surface area contributed by atoms with Crippen LogP contribution < -0.4 is 10.6 Å². The number of carbonyl (C=O) groups excluding carboxylic acids is 2. The fraction of sp³-hybridized carbons (Fsp3) is 0.667. The van der Waals surface area contributed by atoms with Gasteiger partial charge < -0.3 is 34.8 Å². The summed E-state index contributed by atoms with van der Waals surface area (Å²) in [6.45, 7) is 22.5. The highest BCUT2D eigenvalue weighted by Gasteiger charge is 2.76. The third kappa shape index (κ3) is 7.54. The largest absolute Gasteiger partial charge is 0.438 e. The third-order valence-electron chi connectivity index (χ3n) is 12.7. The zero-order valence-electron chi connectivity index (χ0n) is 33.7. The molecule has 0 spiro atoms. The molecule has 3 heterocycles. The smallest absolute Gasteiger partial charge is 0.410 e. The summed E-state index contributed by atoms with van der Waals surface area (Å²) in [5, 5.41) is 0. The summed E-state index contributed by atoms with van der Waals surface area (Å²) in [7, 11) is 0. The van der Waals surface area contributed by atoms with Crippen LogP contribution in [0.25, 0.3) is 5.57 Å². The molecule has 1 aromatic heterocycles. The molecule has 0 radical (unpaired) electrons. The number of allylic oxidation sites excluding steroid dienone is 7. The second-order valence-electron chi connectivity index (χ2n) is 16.2. The van der Waals surface area contributed by atoms with Crippen molar-refractivity contribution in [1.29, 1.82) is 0 Å². The number of rotatable bonds is 11. The van der Waals surface area contributed by atoms with Crippen LogP contribution in [0.5, 0.6) is 0 Å². The molecule has 290 valence electrons. The Morgan fingerprint density at radius 1 is 0.887 bits per heavy atom. The van der Waals surface area contributed by atoms with Gasteiger partial charge in [-0.25, -0.2) is 19.6 Å². The van der Waals surface area contributed by atoms with Gasteiger partial charge in [0.15, 0.2) is 11.2 Å². The maximum absolute atomic E-state index is 13.7. The van der Waals surface area contributed by atoms with E-state index in [9.17, 15) is 9.59 Å². The molecule has 53 heavy (non-hydrogen) atoms. The summed E-state index contributed by atoms with van der Waals surface area (Å²) in [6, 6.07) is 0.00995. The van der Waals surface area contributed by atoms with Crippen LogP contribution >= 0.6 is 0 Å². The molecule has 4 unspecified atom stereocenters. The number of aryl methyl sites for hydroxylation is 1. The van der Waals surface area contributed by atoms with Crippen molar-refractivity contribution >= 4 is 23.6 Å². The van der Waals surface area contributed by atoms with Gasteiger partial charge in [-0.05, 0) is 109 Å². The van der Waals surface area contributed by atoms with Crippen LogP contribution in [-0.2, 0) is 9.47 Å². The second kappa shape index (κ2) is 15.4. The predicted molar refractivity (Wildman–Crippen MR) is 210 cm³/mol. The number of carbonyl (C=O) groups is 2. The minimum Gasteiger partial charge on any atom is -0.438 e. The van der Waals surface area contributed by atoms with Crippen LogP contribution in [0.2, 0.25) is 0 Å². The van der Waals surface area contributed by atoms with Crippen molar-refractivity contribution in [3.63, 3.8) is 0 Å². The number of nitrogens with two attached hydrogens (primary N) is 1. The van der Waals surface area contributed by atoms with Crippen LogP contribution in [0.4, 0.5) is 15.4 Å². The van der Waals surface area contributed by atoms with E-state index in [0.717, 1.165) is 35.7 Å². The van der Waals surface area contributed by atoms with Crippen molar-refractivity contribution in [3.05, 3.63) is 58.4 Å². The van der Waals surface area contributed by atoms with E-state index < -0.39 is 11.2 Å². The lowest BCUT2D eigenvalue weighted by atomic mass is 9.92. The van der Waals surface area contributed by atoms with Gasteiger partial charge in [0.05, 0.1) is 5.69 Å². The zero-order chi connectivity index (χ0) is 38.2. The zero-order valence-corrected chi connectivity index (χ0v) is 33.7. The van der Waals surface area contributed by atoms with Gasteiger partial charge in [-0.3, -0.25) is 0 Å². The molecular formula is C42H63N7O4. The molecule has 0 aromatic carbocycles. The molecule has 2 aliphatic heterocycles. The Morgan fingerprint density at radius 3 is 2.02 bits per heavy atom. The molecule has 1 aromatic rings. The molecule has 2 amide bonds. The Morgan fingerprint density at radius 2 is 1.47 bits per heavy atom. The Bertz CT molecular complexity index is 1690. The fourth-order valence-electron chi connectivity index (χ4n) is 8.67. The summed E-state index contributed by atoms with van der Waals surface area (Å²) < 4.78 is 12.4. The topological polar surface area (TPSA) is 117 Å². The van der Waals surface area contributed by atoms with Gasteiger partial charge in [0.2, 0.25) is 0 Å². The molecule has 5 fully saturated rings. The van der Waals surface area contributed by atoms with Crippen molar-refractivity contribution in [2.75, 3.05) is 50.7 Å². The van der Waals surface area contributed by atoms with E-state index in [2.05, 4.69) is 74.6 Å². The quantitative estimate of drug-likeness (QED) is 0.232. The highest BCUT2D eigenvalue weighted by molar-refractivity contribution is 5.79. The summed E-state index contributed by atoms with van der Waals surface area (Å²) in [4.78, 5) is 44.6. The standard InChI is InChI=1S/C42H63N7O4/c1-10-13-27(4)35(34(14-11-2)32-17-18-32)37(43)49-24-23-48(25-28(49)5)40(51)53-42(9)30(7)41(42,8)52-39(50)47-21-19-46(20-22-47)38-36(29(6)44-26-45-38)33(12-3)31-15-16-31/h12-14,26,28,30-32H,10-11,15-25,43H2,1-9H3/b27-13+,33-12-,34-14-,37-35-. The monoisotopic (exact) mass is 729 g/mol. The van der Waals surface area contributed by atoms with E-state index in [1.165, 1.54) is 48.0 Å². The number of anilines is 1. The number of amides is 2. The van der Waals surface area contributed by atoms with E-state index >= 15 is 0 Å². The van der Waals surface area contributed by atoms with E-state index in [4.69, 9.17) is 20.2 Å². The van der Waals surface area contributed by atoms with Crippen molar-refractivity contribution in [3.8, 4) is 0 Å². The van der Waals surface area contributed by atoms with Crippen LogP contribution in [0.1, 0.15) is 105 Å². The minimum atomic E-state index is -0.931. The van der Waals surface area contributed by atoms with E-state index in [1.807, 2.05) is 20.8 Å². The molecule has 5 aliphatic rings. The maximum atomic E-state index is 13.7. The highest BCUT2D eigenvalue weighted by Crippen LogP contribution is 2.59. The van der Waals surface area contributed by atoms with Gasteiger partial charge in [0.25, 0.3) is 0 Å². The lowest BCUT2D eigenvalue weighted by Gasteiger charge is -2.42. The van der Waals surface area contributed by atoms with E-state index in [-0.39, 0.29) is 24.1 Å². The first kappa shape index (κ1) is 38.7. The lowest BCUT2D eigenvalue weighted by Crippen LogP contribution is -2.55. The predicted octanol–water partition coefficient (Wildman–Crippen LogP) is 7.44. The number of hydrogen-bond donors (Lipinski definition) is 1. The summed E-state index contributed by atoms with van der Waals surface area (Å²) in [6.07, 6.45) is 14.5. The molecule has 2 N–H and O–H groups in total. The fourth-order valence-corrected chi connectivity index (χ4v) is 8.67. The van der Waals surface area contributed by atoms with Crippen molar-refractivity contribution < 1.29 is 19.1 Å². The Labute approximate surface area is 317 Å². The summed E-state index contributed by atoms with van der Waals surface area (Å²) >= 11 is 0. The minimum absolute atomic E-state index is 0.00995. The van der Waals surface area contributed by atoms with Gasteiger partial charge in [-0.15, -0.1) is 0 Å². The van der Waals surface area contributed by atoms with Crippen molar-refractivity contribution in [1.82, 2.24) is 24.7 Å². The molecule has 6 rings (SSSR count). The molecule has 3 saturated carbocycles. The van der Waals surface area contributed by atoms with Gasteiger partial charge in [-0.1, -0.05) is 39.0 Å². The van der Waals surface area contributed by atoms with Crippen LogP contribution in [-0.4, -0.2) is 99.9 Å². The van der Waals surface area contributed by atoms with Crippen LogP contribution in [0, 0.1) is 24.7 Å². The molecule has 11 heteroatoms. The highest BCUT2D eigenvalue weighted by atomic mass is 16.6. The molecular weight excluding hydrogens is 667 g/mol. The van der Waals surface area contributed by atoms with Gasteiger partial charge in [0, 0.05) is 68.9 Å². The molecule has 0 bridgehead atoms.